The van der Waals surface area contributed by atoms with Gasteiger partial charge < -0.3 is 14.6 Å². The van der Waals surface area contributed by atoms with Gasteiger partial charge in [0.15, 0.2) is 10.7 Å². The maximum absolute atomic E-state index is 12.8. The van der Waals surface area contributed by atoms with Gasteiger partial charge in [-0.05, 0) is 12.0 Å². The van der Waals surface area contributed by atoms with Crippen LogP contribution in [-0.4, -0.2) is 46.7 Å². The van der Waals surface area contributed by atoms with E-state index >= 15 is 0 Å². The average Bonchev–Trinajstić information content (AvgIpc) is 2.77. The number of benzene rings is 1. The number of ether oxygens (including phenoxy) is 2. The van der Waals surface area contributed by atoms with Crippen molar-refractivity contribution in [1.82, 2.24) is 0 Å². The van der Waals surface area contributed by atoms with Crippen LogP contribution in [0.1, 0.15) is 18.9 Å². The molecular formula is C16H18Cl2O4. The summed E-state index contributed by atoms with van der Waals surface area (Å²) < 4.78 is 11.1. The molecule has 0 amide bonds. The zero-order chi connectivity index (χ0) is 16.4. The van der Waals surface area contributed by atoms with Crippen molar-refractivity contribution < 1.29 is 19.4 Å². The summed E-state index contributed by atoms with van der Waals surface area (Å²) in [5.41, 5.74) is 0.0196. The zero-order valence-electron chi connectivity index (χ0n) is 12.6. The molecule has 1 N–H and O–H groups in total. The summed E-state index contributed by atoms with van der Waals surface area (Å²) in [4.78, 5) is 9.73. The highest BCUT2D eigenvalue weighted by molar-refractivity contribution is 6.44. The van der Waals surface area contributed by atoms with Crippen molar-refractivity contribution in [2.24, 2.45) is 0 Å². The minimum Gasteiger partial charge on any atom is -0.383 e. The number of aliphatic hydroxyl groups is 1. The normalized spacial score (nSPS) is 42.8. The molecule has 2 aliphatic carbocycles. The molecule has 4 atom stereocenters. The fourth-order valence-electron chi connectivity index (χ4n) is 4.32. The third kappa shape index (κ3) is 1.39. The highest BCUT2D eigenvalue weighted by atomic mass is 35.5. The predicted octanol–water partition coefficient (Wildman–Crippen LogP) is 2.24. The molecule has 2 bridgehead atoms. The molecule has 0 aromatic heterocycles. The Morgan fingerprint density at radius 1 is 1.18 bits per heavy atom. The molecule has 4 nitrogen and oxygen atoms in total. The first-order chi connectivity index (χ1) is 10.2. The summed E-state index contributed by atoms with van der Waals surface area (Å²) in [5.74, 6) is -2.17. The minimum atomic E-state index is -1.62. The molecule has 1 aromatic carbocycles. The van der Waals surface area contributed by atoms with Crippen LogP contribution in [0.4, 0.5) is 0 Å². The molecular weight excluding hydrogens is 327 g/mol. The molecule has 1 aromatic rings. The van der Waals surface area contributed by atoms with Crippen LogP contribution in [0, 0.1) is 0 Å². The topological polar surface area (TPSA) is 55.8 Å². The van der Waals surface area contributed by atoms with Gasteiger partial charge >= 0.3 is 0 Å². The van der Waals surface area contributed by atoms with E-state index in [0.29, 0.717) is 0 Å². The fourth-order valence-corrected chi connectivity index (χ4v) is 5.63. The number of methoxy groups -OCH3 is 2. The number of Topliss-reactive ketones (excluding diaryl/α,β-unsaturated/α-hetero) is 1. The Labute approximate surface area is 139 Å². The number of carbonyl (C=O) groups is 1. The lowest BCUT2D eigenvalue weighted by Gasteiger charge is -2.43. The van der Waals surface area contributed by atoms with Crippen LogP contribution in [-0.2, 0) is 19.7 Å². The average molecular weight is 345 g/mol. The first-order valence-electron chi connectivity index (χ1n) is 7.01. The van der Waals surface area contributed by atoms with Crippen molar-refractivity contribution in [3.8, 4) is 0 Å². The second-order valence-corrected chi connectivity index (χ2v) is 7.43. The molecule has 120 valence electrons. The highest BCUT2D eigenvalue weighted by Gasteiger charge is 2.89. The minimum absolute atomic E-state index is 0.254. The molecule has 0 radical (unpaired) electrons. The van der Waals surface area contributed by atoms with Crippen LogP contribution in [0.15, 0.2) is 30.3 Å². The number of alkyl halides is 2. The van der Waals surface area contributed by atoms with E-state index in [4.69, 9.17) is 32.7 Å². The van der Waals surface area contributed by atoms with E-state index in [2.05, 4.69) is 0 Å². The van der Waals surface area contributed by atoms with E-state index < -0.39 is 32.8 Å². The third-order valence-corrected chi connectivity index (χ3v) is 6.82. The molecule has 0 aliphatic heterocycles. The number of halogens is 2. The summed E-state index contributed by atoms with van der Waals surface area (Å²) in [7, 11) is 2.78. The summed E-state index contributed by atoms with van der Waals surface area (Å²) in [6, 6.07) is 9.40. The summed E-state index contributed by atoms with van der Waals surface area (Å²) in [5, 5.41) is 10.4. The van der Waals surface area contributed by atoms with Gasteiger partial charge in [0.1, 0.15) is 11.0 Å². The lowest BCUT2D eigenvalue weighted by molar-refractivity contribution is -0.226. The van der Waals surface area contributed by atoms with Crippen molar-refractivity contribution in [2.45, 2.75) is 40.4 Å². The van der Waals surface area contributed by atoms with Crippen LogP contribution < -0.4 is 0 Å². The maximum atomic E-state index is 12.8. The Morgan fingerprint density at radius 2 is 1.73 bits per heavy atom. The molecule has 6 heteroatoms. The van der Waals surface area contributed by atoms with Crippen molar-refractivity contribution in [3.63, 3.8) is 0 Å². The van der Waals surface area contributed by atoms with Crippen LogP contribution in [0.25, 0.3) is 0 Å². The van der Waals surface area contributed by atoms with E-state index in [0.717, 1.165) is 5.56 Å². The van der Waals surface area contributed by atoms with Gasteiger partial charge in [0, 0.05) is 19.6 Å². The zero-order valence-corrected chi connectivity index (χ0v) is 14.1. The number of carbonyl (C=O) groups excluding carboxylic acids is 1. The van der Waals surface area contributed by atoms with Gasteiger partial charge in [-0.3, -0.25) is 4.79 Å². The molecule has 2 fully saturated rings. The first kappa shape index (κ1) is 16.2. The third-order valence-electron chi connectivity index (χ3n) is 5.38. The smallest absolute Gasteiger partial charge is 0.218 e. The van der Waals surface area contributed by atoms with Gasteiger partial charge in [-0.1, -0.05) is 37.3 Å². The van der Waals surface area contributed by atoms with Gasteiger partial charge in [0.25, 0.3) is 0 Å². The second-order valence-electron chi connectivity index (χ2n) is 6.19. The quantitative estimate of drug-likeness (QED) is 0.674. The van der Waals surface area contributed by atoms with Gasteiger partial charge in [0.2, 0.25) is 5.79 Å². The number of rotatable bonds is 3. The Hall–Kier alpha value is -0.650. The van der Waals surface area contributed by atoms with Crippen LogP contribution in [0.2, 0.25) is 0 Å². The number of ketones is 1. The molecule has 0 saturated heterocycles. The van der Waals surface area contributed by atoms with Crippen molar-refractivity contribution >= 4 is 29.0 Å². The van der Waals surface area contributed by atoms with E-state index in [9.17, 15) is 9.90 Å². The van der Waals surface area contributed by atoms with E-state index in [-0.39, 0.29) is 6.42 Å². The number of fused-ring (bicyclic) bond motifs is 2. The van der Waals surface area contributed by atoms with Gasteiger partial charge in [0.05, 0.1) is 0 Å². The predicted molar refractivity (Wildman–Crippen MR) is 83.3 cm³/mol. The van der Waals surface area contributed by atoms with E-state index in [1.165, 1.54) is 14.2 Å². The second kappa shape index (κ2) is 4.68. The molecule has 0 spiro atoms. The van der Waals surface area contributed by atoms with E-state index in [1.54, 1.807) is 0 Å². The van der Waals surface area contributed by atoms with Gasteiger partial charge in [-0.15, -0.1) is 23.2 Å². The Kier molecular flexibility index (Phi) is 3.45. The monoisotopic (exact) mass is 344 g/mol. The largest absolute Gasteiger partial charge is 0.383 e. The van der Waals surface area contributed by atoms with Crippen LogP contribution >= 0.6 is 23.2 Å². The van der Waals surface area contributed by atoms with Gasteiger partial charge in [-0.25, -0.2) is 0 Å². The molecule has 2 aliphatic rings. The Bertz CT molecular complexity index is 618. The van der Waals surface area contributed by atoms with Crippen LogP contribution in [0.3, 0.4) is 0 Å². The Morgan fingerprint density at radius 3 is 2.18 bits per heavy atom. The molecule has 2 saturated carbocycles. The fraction of sp³-hybridized carbons (Fsp3) is 0.562. The SMILES string of the molecule is COC1(OC)[C@@]2(Cl)C[C@](C)(c3ccccc3)[C@]1(Cl)C(=O)[C@@H]2O. The van der Waals surface area contributed by atoms with Crippen molar-refractivity contribution in [2.75, 3.05) is 14.2 Å². The maximum Gasteiger partial charge on any atom is 0.218 e. The van der Waals surface area contributed by atoms with Crippen LogP contribution in [0.5, 0.6) is 0 Å². The standard InChI is InChI=1S/C16H18Cl2O4/c1-13(10-7-5-4-6-8-10)9-14(17)11(19)12(20)15(13,18)16(14,21-2)22-3/h4-8,11,19H,9H2,1-3H3/t11-,13+,14+,15+/m0/s1. The van der Waals surface area contributed by atoms with Crippen molar-refractivity contribution in [3.05, 3.63) is 35.9 Å². The first-order valence-corrected chi connectivity index (χ1v) is 7.77. The molecule has 0 heterocycles. The van der Waals surface area contributed by atoms with Gasteiger partial charge in [-0.2, -0.15) is 0 Å². The van der Waals surface area contributed by atoms with E-state index in [1.807, 2.05) is 37.3 Å². The lowest BCUT2D eigenvalue weighted by atomic mass is 9.68. The van der Waals surface area contributed by atoms with Crippen molar-refractivity contribution in [1.29, 1.82) is 0 Å². The molecule has 3 rings (SSSR count). The summed E-state index contributed by atoms with van der Waals surface area (Å²) >= 11 is 13.5. The summed E-state index contributed by atoms with van der Waals surface area (Å²) in [6.45, 7) is 1.86. The molecule has 0 unspecified atom stereocenters. The number of hydrogen-bond acceptors (Lipinski definition) is 4. The summed E-state index contributed by atoms with van der Waals surface area (Å²) in [6.07, 6.45) is -1.19. The molecule has 22 heavy (non-hydrogen) atoms. The lowest BCUT2D eigenvalue weighted by Crippen LogP contribution is -2.60. The number of hydrogen-bond donors (Lipinski definition) is 1. The highest BCUT2D eigenvalue weighted by Crippen LogP contribution is 2.71. The number of aliphatic hydroxyl groups excluding tert-OH is 1. The Balaban J connectivity index is 2.30.